The normalized spacial score (nSPS) is 22.1. The van der Waals surface area contributed by atoms with Gasteiger partial charge in [0.1, 0.15) is 0 Å². The fraction of sp³-hybridized carbons (Fsp3) is 0.818. The fourth-order valence-corrected chi connectivity index (χ4v) is 2.09. The average Bonchev–Trinajstić information content (AvgIpc) is 2.87. The Hall–Kier alpha value is -0.940. The summed E-state index contributed by atoms with van der Waals surface area (Å²) >= 11 is 0. The topological polar surface area (TPSA) is 54.2 Å². The highest BCUT2D eigenvalue weighted by atomic mass is 16.5. The van der Waals surface area contributed by atoms with Crippen molar-refractivity contribution in [1.29, 1.82) is 0 Å². The molecule has 1 aliphatic heterocycles. The van der Waals surface area contributed by atoms with E-state index >= 15 is 0 Å². The van der Waals surface area contributed by atoms with Crippen molar-refractivity contribution in [1.82, 2.24) is 20.4 Å². The molecule has 1 unspecified atom stereocenters. The summed E-state index contributed by atoms with van der Waals surface area (Å²) in [4.78, 5) is 6.43. The summed E-state index contributed by atoms with van der Waals surface area (Å²) in [5, 5.41) is 7.33. The molecule has 2 heterocycles. The van der Waals surface area contributed by atoms with Gasteiger partial charge in [-0.25, -0.2) is 0 Å². The Morgan fingerprint density at radius 2 is 2.50 bits per heavy atom. The first kappa shape index (κ1) is 11.5. The van der Waals surface area contributed by atoms with Crippen LogP contribution >= 0.6 is 0 Å². The van der Waals surface area contributed by atoms with E-state index in [1.165, 1.54) is 12.8 Å². The highest BCUT2D eigenvalue weighted by molar-refractivity contribution is 4.83. The first-order valence-corrected chi connectivity index (χ1v) is 5.95. The molecule has 90 valence electrons. The van der Waals surface area contributed by atoms with E-state index in [9.17, 15) is 0 Å². The van der Waals surface area contributed by atoms with Crippen LogP contribution in [-0.4, -0.2) is 40.7 Å². The van der Waals surface area contributed by atoms with Crippen LogP contribution in [0.25, 0.3) is 0 Å². The Labute approximate surface area is 96.2 Å². The number of hydrogen-bond acceptors (Lipinski definition) is 5. The Balaban J connectivity index is 1.71. The minimum Gasteiger partial charge on any atom is -0.343 e. The van der Waals surface area contributed by atoms with Crippen molar-refractivity contribution in [3.63, 3.8) is 0 Å². The van der Waals surface area contributed by atoms with Crippen LogP contribution in [0.15, 0.2) is 10.9 Å². The zero-order chi connectivity index (χ0) is 11.4. The summed E-state index contributed by atoms with van der Waals surface area (Å²) < 4.78 is 4.73. The molecule has 2 rings (SSSR count). The molecule has 0 aromatic carbocycles. The van der Waals surface area contributed by atoms with Gasteiger partial charge in [0.2, 0.25) is 6.39 Å². The van der Waals surface area contributed by atoms with E-state index in [1.54, 1.807) is 0 Å². The standard InChI is InChI=1S/C11H20N4O/c1-9(2)12-5-10-3-4-15(6-10)7-11-13-8-16-14-11/h8-10,12H,3-7H2,1-2H3. The molecule has 0 radical (unpaired) electrons. The Kier molecular flexibility index (Phi) is 3.90. The van der Waals surface area contributed by atoms with E-state index < -0.39 is 0 Å². The molecule has 0 amide bonds. The van der Waals surface area contributed by atoms with E-state index in [-0.39, 0.29) is 0 Å². The van der Waals surface area contributed by atoms with Crippen LogP contribution in [0.4, 0.5) is 0 Å². The van der Waals surface area contributed by atoms with E-state index in [0.29, 0.717) is 6.04 Å². The molecule has 5 heteroatoms. The molecule has 5 nitrogen and oxygen atoms in total. The highest BCUT2D eigenvalue weighted by Gasteiger charge is 2.23. The Morgan fingerprint density at radius 1 is 1.62 bits per heavy atom. The van der Waals surface area contributed by atoms with Crippen molar-refractivity contribution >= 4 is 0 Å². The van der Waals surface area contributed by atoms with Gasteiger partial charge in [-0.05, 0) is 25.4 Å². The molecule has 0 aliphatic carbocycles. The third-order valence-corrected chi connectivity index (χ3v) is 2.96. The van der Waals surface area contributed by atoms with Gasteiger partial charge in [-0.15, -0.1) is 0 Å². The molecule has 1 aromatic rings. The molecular formula is C11H20N4O. The molecule has 1 N–H and O–H groups in total. The third kappa shape index (κ3) is 3.28. The van der Waals surface area contributed by atoms with Crippen molar-refractivity contribution in [2.75, 3.05) is 19.6 Å². The van der Waals surface area contributed by atoms with Gasteiger partial charge in [0.05, 0.1) is 6.54 Å². The van der Waals surface area contributed by atoms with E-state index in [2.05, 4.69) is 34.2 Å². The molecule has 1 saturated heterocycles. The largest absolute Gasteiger partial charge is 0.343 e. The van der Waals surface area contributed by atoms with Gasteiger partial charge in [-0.3, -0.25) is 4.90 Å². The lowest BCUT2D eigenvalue weighted by Crippen LogP contribution is -2.30. The lowest BCUT2D eigenvalue weighted by molar-refractivity contribution is 0.297. The SMILES string of the molecule is CC(C)NCC1CCN(Cc2ncon2)C1. The van der Waals surface area contributed by atoms with E-state index in [0.717, 1.165) is 37.9 Å². The molecule has 0 saturated carbocycles. The van der Waals surface area contributed by atoms with Crippen molar-refractivity contribution in [3.8, 4) is 0 Å². The van der Waals surface area contributed by atoms with Gasteiger partial charge >= 0.3 is 0 Å². The fourth-order valence-electron chi connectivity index (χ4n) is 2.09. The molecule has 16 heavy (non-hydrogen) atoms. The van der Waals surface area contributed by atoms with E-state index in [4.69, 9.17) is 4.52 Å². The Bertz CT molecular complexity index is 299. The van der Waals surface area contributed by atoms with Crippen molar-refractivity contribution in [2.24, 2.45) is 5.92 Å². The first-order valence-electron chi connectivity index (χ1n) is 5.95. The van der Waals surface area contributed by atoms with Crippen molar-refractivity contribution in [2.45, 2.75) is 32.9 Å². The maximum atomic E-state index is 4.73. The maximum absolute atomic E-state index is 4.73. The number of nitrogens with zero attached hydrogens (tertiary/aromatic N) is 3. The number of likely N-dealkylation sites (tertiary alicyclic amines) is 1. The maximum Gasteiger partial charge on any atom is 0.213 e. The summed E-state index contributed by atoms with van der Waals surface area (Å²) in [5.41, 5.74) is 0. The molecule has 1 atom stereocenters. The molecule has 0 spiro atoms. The Morgan fingerprint density at radius 3 is 3.19 bits per heavy atom. The van der Waals surface area contributed by atoms with Crippen LogP contribution in [0, 0.1) is 5.92 Å². The van der Waals surface area contributed by atoms with Gasteiger partial charge in [-0.1, -0.05) is 19.0 Å². The quantitative estimate of drug-likeness (QED) is 0.805. The number of nitrogens with one attached hydrogen (secondary N) is 1. The number of rotatable bonds is 5. The first-order chi connectivity index (χ1) is 7.74. The molecule has 1 fully saturated rings. The highest BCUT2D eigenvalue weighted by Crippen LogP contribution is 2.16. The average molecular weight is 224 g/mol. The summed E-state index contributed by atoms with van der Waals surface area (Å²) in [7, 11) is 0. The zero-order valence-corrected chi connectivity index (χ0v) is 10.0. The minimum atomic E-state index is 0.575. The van der Waals surface area contributed by atoms with Gasteiger partial charge < -0.3 is 9.84 Å². The lowest BCUT2D eigenvalue weighted by atomic mass is 10.1. The van der Waals surface area contributed by atoms with Crippen molar-refractivity contribution in [3.05, 3.63) is 12.2 Å². The molecular weight excluding hydrogens is 204 g/mol. The third-order valence-electron chi connectivity index (χ3n) is 2.96. The van der Waals surface area contributed by atoms with E-state index in [1.807, 2.05) is 0 Å². The van der Waals surface area contributed by atoms with Gasteiger partial charge in [0.25, 0.3) is 0 Å². The molecule has 0 bridgehead atoms. The van der Waals surface area contributed by atoms with Crippen LogP contribution < -0.4 is 5.32 Å². The smallest absolute Gasteiger partial charge is 0.213 e. The summed E-state index contributed by atoms with van der Waals surface area (Å²) in [6.07, 6.45) is 2.65. The van der Waals surface area contributed by atoms with Crippen LogP contribution in [-0.2, 0) is 6.54 Å². The summed E-state index contributed by atoms with van der Waals surface area (Å²) in [6, 6.07) is 0.575. The zero-order valence-electron chi connectivity index (χ0n) is 10.0. The van der Waals surface area contributed by atoms with Gasteiger partial charge in [0.15, 0.2) is 5.82 Å². The number of aromatic nitrogens is 2. The molecule has 1 aromatic heterocycles. The minimum absolute atomic E-state index is 0.575. The molecule has 1 aliphatic rings. The second-order valence-electron chi connectivity index (χ2n) is 4.80. The second kappa shape index (κ2) is 5.41. The van der Waals surface area contributed by atoms with Gasteiger partial charge in [0, 0.05) is 12.6 Å². The van der Waals surface area contributed by atoms with Gasteiger partial charge in [-0.2, -0.15) is 4.98 Å². The predicted octanol–water partition coefficient (Wildman–Crippen LogP) is 0.889. The van der Waals surface area contributed by atoms with Crippen LogP contribution in [0.1, 0.15) is 26.1 Å². The van der Waals surface area contributed by atoms with Crippen molar-refractivity contribution < 1.29 is 4.52 Å². The predicted molar refractivity (Wildman–Crippen MR) is 60.8 cm³/mol. The lowest BCUT2D eigenvalue weighted by Gasteiger charge is -2.15. The van der Waals surface area contributed by atoms with Crippen LogP contribution in [0.2, 0.25) is 0 Å². The van der Waals surface area contributed by atoms with Crippen LogP contribution in [0.5, 0.6) is 0 Å². The van der Waals surface area contributed by atoms with Crippen LogP contribution in [0.3, 0.4) is 0 Å². The second-order valence-corrected chi connectivity index (χ2v) is 4.80. The summed E-state index contributed by atoms with van der Waals surface area (Å²) in [6.45, 7) is 8.57. The number of hydrogen-bond donors (Lipinski definition) is 1. The monoisotopic (exact) mass is 224 g/mol. The summed E-state index contributed by atoms with van der Waals surface area (Å²) in [5.74, 6) is 1.55.